The van der Waals surface area contributed by atoms with Gasteiger partial charge in [0, 0.05) is 18.9 Å². The van der Waals surface area contributed by atoms with Crippen LogP contribution in [0.2, 0.25) is 0 Å². The molecular weight excluding hydrogens is 200 g/mol. The normalized spacial score (nSPS) is 12.9. The van der Waals surface area contributed by atoms with E-state index in [1.807, 2.05) is 24.5 Å². The summed E-state index contributed by atoms with van der Waals surface area (Å²) < 4.78 is 2.05. The van der Waals surface area contributed by atoms with Crippen LogP contribution in [0.15, 0.2) is 30.6 Å². The predicted molar refractivity (Wildman–Crippen MR) is 66.5 cm³/mol. The lowest BCUT2D eigenvalue weighted by Crippen LogP contribution is -2.16. The number of rotatable bonds is 5. The Labute approximate surface area is 95.5 Å². The van der Waals surface area contributed by atoms with Crippen molar-refractivity contribution in [2.24, 2.45) is 11.7 Å². The molecule has 3 N–H and O–H groups in total. The average Bonchev–Trinajstić information content (AvgIpc) is 2.75. The topological polar surface area (TPSA) is 55.3 Å². The van der Waals surface area contributed by atoms with E-state index in [1.165, 1.54) is 0 Å². The fourth-order valence-corrected chi connectivity index (χ4v) is 1.76. The number of aromatic nitrogens is 2. The van der Waals surface area contributed by atoms with Crippen LogP contribution in [0.4, 0.5) is 5.82 Å². The Balaban J connectivity index is 2.06. The largest absolute Gasteiger partial charge is 0.371 e. The van der Waals surface area contributed by atoms with Crippen LogP contribution in [0.3, 0.4) is 0 Å². The van der Waals surface area contributed by atoms with Crippen LogP contribution in [-0.4, -0.2) is 22.5 Å². The van der Waals surface area contributed by atoms with Crippen LogP contribution in [-0.2, 0) is 0 Å². The molecule has 0 aromatic carbocycles. The Bertz CT molecular complexity index is 449. The van der Waals surface area contributed by atoms with Crippen LogP contribution >= 0.6 is 0 Å². The number of hydrogen-bond acceptors (Lipinski definition) is 3. The summed E-state index contributed by atoms with van der Waals surface area (Å²) in [6.07, 6.45) is 4.82. The van der Waals surface area contributed by atoms with Gasteiger partial charge in [0.1, 0.15) is 11.5 Å². The smallest absolute Gasteiger partial charge is 0.138 e. The van der Waals surface area contributed by atoms with Gasteiger partial charge in [-0.25, -0.2) is 4.98 Å². The molecule has 0 bridgehead atoms. The van der Waals surface area contributed by atoms with E-state index < -0.39 is 0 Å². The summed E-state index contributed by atoms with van der Waals surface area (Å²) in [5, 5.41) is 3.43. The Hall–Kier alpha value is -1.55. The van der Waals surface area contributed by atoms with Crippen LogP contribution in [0.5, 0.6) is 0 Å². The maximum atomic E-state index is 5.53. The quantitative estimate of drug-likeness (QED) is 0.803. The number of anilines is 1. The summed E-state index contributed by atoms with van der Waals surface area (Å²) in [5.74, 6) is 1.67. The molecule has 1 unspecified atom stereocenters. The molecule has 0 radical (unpaired) electrons. The summed E-state index contributed by atoms with van der Waals surface area (Å²) in [6, 6.07) is 6.07. The van der Waals surface area contributed by atoms with E-state index in [2.05, 4.69) is 27.7 Å². The molecule has 2 aromatic rings. The van der Waals surface area contributed by atoms with Crippen molar-refractivity contribution in [2.45, 2.75) is 13.3 Å². The fourth-order valence-electron chi connectivity index (χ4n) is 1.76. The molecule has 86 valence electrons. The van der Waals surface area contributed by atoms with Gasteiger partial charge in [-0.3, -0.25) is 4.40 Å². The third-order valence-corrected chi connectivity index (χ3v) is 2.72. The molecule has 0 saturated carbocycles. The number of imidazole rings is 1. The standard InChI is InChI=1S/C12H18N4/c1-10(5-6-13)9-15-12-4-2-3-11-14-7-8-16(11)12/h2-4,7-8,10,15H,5-6,9,13H2,1H3. The lowest BCUT2D eigenvalue weighted by molar-refractivity contribution is 0.567. The summed E-state index contributed by atoms with van der Waals surface area (Å²) in [7, 11) is 0. The second kappa shape index (κ2) is 4.99. The van der Waals surface area contributed by atoms with E-state index in [9.17, 15) is 0 Å². The Morgan fingerprint density at radius 1 is 1.50 bits per heavy atom. The molecule has 0 aliphatic heterocycles. The SMILES string of the molecule is CC(CCN)CNc1cccc2nccn12. The average molecular weight is 218 g/mol. The van der Waals surface area contributed by atoms with Crippen molar-refractivity contribution < 1.29 is 0 Å². The number of hydrogen-bond donors (Lipinski definition) is 2. The van der Waals surface area contributed by atoms with E-state index in [0.29, 0.717) is 5.92 Å². The van der Waals surface area contributed by atoms with Gasteiger partial charge >= 0.3 is 0 Å². The number of nitrogens with one attached hydrogen (secondary N) is 1. The van der Waals surface area contributed by atoms with Crippen LogP contribution in [0.25, 0.3) is 5.65 Å². The van der Waals surface area contributed by atoms with Crippen molar-refractivity contribution in [3.8, 4) is 0 Å². The number of pyridine rings is 1. The third kappa shape index (κ3) is 2.33. The van der Waals surface area contributed by atoms with Crippen molar-refractivity contribution in [3.05, 3.63) is 30.6 Å². The van der Waals surface area contributed by atoms with E-state index in [1.54, 1.807) is 0 Å². The molecule has 1 atom stereocenters. The highest BCUT2D eigenvalue weighted by atomic mass is 15.1. The number of fused-ring (bicyclic) bond motifs is 1. The molecule has 0 spiro atoms. The lowest BCUT2D eigenvalue weighted by atomic mass is 10.1. The Morgan fingerprint density at radius 3 is 3.19 bits per heavy atom. The molecule has 4 heteroatoms. The molecule has 0 fully saturated rings. The first-order valence-electron chi connectivity index (χ1n) is 5.67. The lowest BCUT2D eigenvalue weighted by Gasteiger charge is -2.13. The first-order chi connectivity index (χ1) is 7.81. The fraction of sp³-hybridized carbons (Fsp3) is 0.417. The highest BCUT2D eigenvalue weighted by Crippen LogP contribution is 2.12. The predicted octanol–water partition coefficient (Wildman–Crippen LogP) is 1.73. The van der Waals surface area contributed by atoms with Crippen molar-refractivity contribution >= 4 is 11.5 Å². The van der Waals surface area contributed by atoms with Gasteiger partial charge in [0.05, 0.1) is 0 Å². The van der Waals surface area contributed by atoms with Crippen molar-refractivity contribution in [2.75, 3.05) is 18.4 Å². The number of nitrogens with two attached hydrogens (primary N) is 1. The first-order valence-corrected chi connectivity index (χ1v) is 5.67. The van der Waals surface area contributed by atoms with E-state index in [-0.39, 0.29) is 0 Å². The molecule has 2 aromatic heterocycles. The van der Waals surface area contributed by atoms with E-state index in [4.69, 9.17) is 5.73 Å². The van der Waals surface area contributed by atoms with Crippen LogP contribution in [0.1, 0.15) is 13.3 Å². The summed E-state index contributed by atoms with van der Waals surface area (Å²) in [5.41, 5.74) is 6.50. The third-order valence-electron chi connectivity index (χ3n) is 2.72. The monoisotopic (exact) mass is 218 g/mol. The van der Waals surface area contributed by atoms with Gasteiger partial charge < -0.3 is 11.1 Å². The van der Waals surface area contributed by atoms with Crippen molar-refractivity contribution in [3.63, 3.8) is 0 Å². The molecule has 0 saturated heterocycles. The Morgan fingerprint density at radius 2 is 2.38 bits per heavy atom. The summed E-state index contributed by atoms with van der Waals surface area (Å²) in [6.45, 7) is 3.89. The maximum Gasteiger partial charge on any atom is 0.138 e. The second-order valence-electron chi connectivity index (χ2n) is 4.13. The summed E-state index contributed by atoms with van der Waals surface area (Å²) in [4.78, 5) is 4.25. The zero-order valence-corrected chi connectivity index (χ0v) is 9.56. The minimum Gasteiger partial charge on any atom is -0.371 e. The van der Waals surface area contributed by atoms with Gasteiger partial charge in [-0.1, -0.05) is 13.0 Å². The van der Waals surface area contributed by atoms with Gasteiger partial charge in [-0.05, 0) is 31.0 Å². The molecule has 0 amide bonds. The molecule has 2 heterocycles. The van der Waals surface area contributed by atoms with E-state index >= 15 is 0 Å². The maximum absolute atomic E-state index is 5.53. The van der Waals surface area contributed by atoms with Crippen LogP contribution in [0, 0.1) is 5.92 Å². The minimum atomic E-state index is 0.587. The molecule has 16 heavy (non-hydrogen) atoms. The van der Waals surface area contributed by atoms with Gasteiger partial charge in [0.2, 0.25) is 0 Å². The van der Waals surface area contributed by atoms with Crippen molar-refractivity contribution in [1.29, 1.82) is 0 Å². The zero-order chi connectivity index (χ0) is 11.4. The van der Waals surface area contributed by atoms with E-state index in [0.717, 1.165) is 31.0 Å². The van der Waals surface area contributed by atoms with Gasteiger partial charge in [0.15, 0.2) is 0 Å². The first kappa shape index (κ1) is 11.0. The molecule has 0 aliphatic carbocycles. The minimum absolute atomic E-state index is 0.587. The van der Waals surface area contributed by atoms with Gasteiger partial charge in [-0.15, -0.1) is 0 Å². The summed E-state index contributed by atoms with van der Waals surface area (Å²) >= 11 is 0. The molecule has 4 nitrogen and oxygen atoms in total. The zero-order valence-electron chi connectivity index (χ0n) is 9.56. The second-order valence-corrected chi connectivity index (χ2v) is 4.13. The van der Waals surface area contributed by atoms with Crippen LogP contribution < -0.4 is 11.1 Å². The van der Waals surface area contributed by atoms with Gasteiger partial charge in [0.25, 0.3) is 0 Å². The van der Waals surface area contributed by atoms with Gasteiger partial charge in [-0.2, -0.15) is 0 Å². The highest BCUT2D eigenvalue weighted by Gasteiger charge is 2.03. The molecular formula is C12H18N4. The number of nitrogens with zero attached hydrogens (tertiary/aromatic N) is 2. The Kier molecular flexibility index (Phi) is 3.41. The molecule has 2 rings (SSSR count). The highest BCUT2D eigenvalue weighted by molar-refractivity contribution is 5.49. The molecule has 0 aliphatic rings. The van der Waals surface area contributed by atoms with Crippen molar-refractivity contribution in [1.82, 2.24) is 9.38 Å².